The van der Waals surface area contributed by atoms with E-state index in [1.54, 1.807) is 60.2 Å². The first-order valence-electron chi connectivity index (χ1n) is 9.80. The number of nitrogens with zero attached hydrogens (tertiary/aromatic N) is 6. The molecule has 0 fully saturated rings. The van der Waals surface area contributed by atoms with Crippen LogP contribution in [-0.2, 0) is 0 Å². The van der Waals surface area contributed by atoms with Gasteiger partial charge < -0.3 is 15.5 Å². The van der Waals surface area contributed by atoms with E-state index in [0.717, 1.165) is 0 Å². The molecule has 3 heterocycles. The van der Waals surface area contributed by atoms with Gasteiger partial charge in [-0.3, -0.25) is 0 Å². The number of halogens is 1. The van der Waals surface area contributed by atoms with E-state index >= 15 is 0 Å². The highest BCUT2D eigenvalue weighted by Crippen LogP contribution is 2.28. The molecule has 160 valence electrons. The molecule has 5 rings (SSSR count). The predicted octanol–water partition coefficient (Wildman–Crippen LogP) is 3.70. The normalized spacial score (nSPS) is 12.2. The maximum atomic E-state index is 13.6. The van der Waals surface area contributed by atoms with Crippen LogP contribution < -0.4 is 5.32 Å². The molecule has 0 amide bonds. The van der Waals surface area contributed by atoms with Gasteiger partial charge in [0, 0.05) is 5.56 Å². The van der Waals surface area contributed by atoms with Crippen molar-refractivity contribution in [1.82, 2.24) is 29.6 Å². The fourth-order valence-electron chi connectivity index (χ4n) is 3.45. The average Bonchev–Trinajstić information content (AvgIpc) is 3.42. The van der Waals surface area contributed by atoms with Crippen molar-refractivity contribution in [3.8, 4) is 28.6 Å². The van der Waals surface area contributed by atoms with E-state index in [2.05, 4.69) is 25.7 Å². The zero-order valence-electron chi connectivity index (χ0n) is 16.9. The molecule has 3 N–H and O–H groups in total. The number of benzene rings is 2. The highest BCUT2D eigenvalue weighted by molar-refractivity contribution is 5.60. The van der Waals surface area contributed by atoms with Crippen molar-refractivity contribution in [2.45, 2.75) is 13.0 Å². The molecule has 32 heavy (non-hydrogen) atoms. The van der Waals surface area contributed by atoms with E-state index in [-0.39, 0.29) is 11.5 Å². The van der Waals surface area contributed by atoms with Crippen LogP contribution >= 0.6 is 0 Å². The summed E-state index contributed by atoms with van der Waals surface area (Å²) < 4.78 is 16.7. The van der Waals surface area contributed by atoms with Crippen LogP contribution in [0.1, 0.15) is 18.5 Å². The van der Waals surface area contributed by atoms with Crippen LogP contribution in [-0.4, -0.2) is 39.8 Å². The van der Waals surface area contributed by atoms with Gasteiger partial charge in [-0.2, -0.15) is 0 Å². The van der Waals surface area contributed by atoms with Gasteiger partial charge in [-0.05, 0) is 49.4 Å². The minimum Gasteiger partial charge on any atom is -0.508 e. The summed E-state index contributed by atoms with van der Waals surface area (Å²) in [7, 11) is 0. The lowest BCUT2D eigenvalue weighted by molar-refractivity contribution is 0.462. The zero-order chi connectivity index (χ0) is 22.2. The molecule has 2 aromatic carbocycles. The number of aromatic hydroxyl groups is 2. The third kappa shape index (κ3) is 3.47. The molecule has 0 saturated heterocycles. The number of aromatic nitrogens is 6. The quantitative estimate of drug-likeness (QED) is 0.389. The number of anilines is 1. The third-order valence-corrected chi connectivity index (χ3v) is 5.07. The molecular formula is C22H18FN7O2. The number of imidazole rings is 1. The lowest BCUT2D eigenvalue weighted by Gasteiger charge is -2.16. The number of fused-ring (bicyclic) bond motifs is 1. The molecule has 0 radical (unpaired) electrons. The Kier molecular flexibility index (Phi) is 4.66. The van der Waals surface area contributed by atoms with Gasteiger partial charge in [-0.1, -0.05) is 17.3 Å². The maximum absolute atomic E-state index is 13.6. The molecule has 0 saturated carbocycles. The number of para-hydroxylation sites is 2. The number of phenolic OH excluding ortho intramolecular Hbond substituents is 2. The van der Waals surface area contributed by atoms with Crippen molar-refractivity contribution >= 4 is 11.5 Å². The predicted molar refractivity (Wildman–Crippen MR) is 115 cm³/mol. The molecular weight excluding hydrogens is 413 g/mol. The first-order valence-corrected chi connectivity index (χ1v) is 9.80. The fraction of sp³-hybridized carbons (Fsp3) is 0.0909. The van der Waals surface area contributed by atoms with Crippen LogP contribution in [0.15, 0.2) is 67.0 Å². The van der Waals surface area contributed by atoms with Crippen LogP contribution in [0.25, 0.3) is 22.7 Å². The second-order valence-corrected chi connectivity index (χ2v) is 7.24. The molecule has 9 nitrogen and oxygen atoms in total. The highest BCUT2D eigenvalue weighted by atomic mass is 19.1. The van der Waals surface area contributed by atoms with E-state index in [1.165, 1.54) is 22.9 Å². The van der Waals surface area contributed by atoms with Crippen LogP contribution in [0.2, 0.25) is 0 Å². The molecule has 5 aromatic rings. The number of hydrogen-bond donors (Lipinski definition) is 3. The van der Waals surface area contributed by atoms with Crippen molar-refractivity contribution in [3.63, 3.8) is 0 Å². The Morgan fingerprint density at radius 2 is 1.88 bits per heavy atom. The van der Waals surface area contributed by atoms with Gasteiger partial charge in [0.2, 0.25) is 0 Å². The Morgan fingerprint density at radius 3 is 2.72 bits per heavy atom. The number of nitrogens with one attached hydrogen (secondary N) is 1. The first kappa shape index (κ1) is 19.5. The average molecular weight is 431 g/mol. The van der Waals surface area contributed by atoms with Crippen LogP contribution in [0, 0.1) is 5.82 Å². The van der Waals surface area contributed by atoms with Crippen LogP contribution in [0.5, 0.6) is 11.5 Å². The number of phenols is 2. The van der Waals surface area contributed by atoms with Gasteiger partial charge in [0.1, 0.15) is 40.2 Å². The second-order valence-electron chi connectivity index (χ2n) is 7.24. The van der Waals surface area contributed by atoms with Crippen molar-refractivity contribution < 1.29 is 14.6 Å². The van der Waals surface area contributed by atoms with Crippen LogP contribution in [0.3, 0.4) is 0 Å². The zero-order valence-corrected chi connectivity index (χ0v) is 16.9. The maximum Gasteiger partial charge on any atom is 0.154 e. The van der Waals surface area contributed by atoms with Gasteiger partial charge in [-0.15, -0.1) is 10.2 Å². The Labute approximate surface area is 181 Å². The second kappa shape index (κ2) is 7.65. The number of hydrogen-bond acceptors (Lipinski definition) is 7. The van der Waals surface area contributed by atoms with Gasteiger partial charge in [0.25, 0.3) is 0 Å². The summed E-state index contributed by atoms with van der Waals surface area (Å²) >= 11 is 0. The van der Waals surface area contributed by atoms with E-state index in [4.69, 9.17) is 0 Å². The summed E-state index contributed by atoms with van der Waals surface area (Å²) in [6.45, 7) is 1.80. The number of rotatable bonds is 5. The van der Waals surface area contributed by atoms with Crippen molar-refractivity contribution in [3.05, 3.63) is 78.4 Å². The van der Waals surface area contributed by atoms with Crippen molar-refractivity contribution in [2.24, 2.45) is 0 Å². The first-order chi connectivity index (χ1) is 15.5. The van der Waals surface area contributed by atoms with Gasteiger partial charge in [0.15, 0.2) is 5.65 Å². The van der Waals surface area contributed by atoms with Crippen LogP contribution in [0.4, 0.5) is 10.2 Å². The van der Waals surface area contributed by atoms with Gasteiger partial charge in [0.05, 0.1) is 18.4 Å². The van der Waals surface area contributed by atoms with E-state index in [9.17, 15) is 14.6 Å². The molecule has 3 aromatic heterocycles. The third-order valence-electron chi connectivity index (χ3n) is 5.07. The van der Waals surface area contributed by atoms with E-state index < -0.39 is 11.9 Å². The summed E-state index contributed by atoms with van der Waals surface area (Å²) in [5.41, 5.74) is 2.64. The standard InChI is InChI=1S/C22H18FN7O2/c1-13(15-10-14(23)6-7-19(15)31)25-21-8-9-22-24-11-18(30(22)27-21)16-12-29(28-26-16)17-4-2-3-5-20(17)32/h2-13,31-32H,1H3,(H,25,27)/t13-/m1/s1. The minimum atomic E-state index is -0.431. The summed E-state index contributed by atoms with van der Waals surface area (Å²) in [4.78, 5) is 4.36. The highest BCUT2D eigenvalue weighted by Gasteiger charge is 2.16. The topological polar surface area (TPSA) is 113 Å². The van der Waals surface area contributed by atoms with Crippen molar-refractivity contribution in [2.75, 3.05) is 5.32 Å². The lowest BCUT2D eigenvalue weighted by atomic mass is 10.1. The molecule has 10 heteroatoms. The minimum absolute atomic E-state index is 0.00317. The van der Waals surface area contributed by atoms with E-state index in [0.29, 0.717) is 34.1 Å². The molecule has 0 unspecified atom stereocenters. The molecule has 0 spiro atoms. The molecule has 1 atom stereocenters. The monoisotopic (exact) mass is 431 g/mol. The Balaban J connectivity index is 1.47. The lowest BCUT2D eigenvalue weighted by Crippen LogP contribution is -2.10. The Morgan fingerprint density at radius 1 is 1.03 bits per heavy atom. The summed E-state index contributed by atoms with van der Waals surface area (Å²) in [6.07, 6.45) is 3.31. The summed E-state index contributed by atoms with van der Waals surface area (Å²) in [5, 5.41) is 36.1. The SMILES string of the molecule is C[C@@H](Nc1ccc2ncc(-c3cn(-c4ccccc4O)nn3)n2n1)c1cc(F)ccc1O. The van der Waals surface area contributed by atoms with Gasteiger partial charge in [-0.25, -0.2) is 18.6 Å². The fourth-order valence-corrected chi connectivity index (χ4v) is 3.45. The summed E-state index contributed by atoms with van der Waals surface area (Å²) in [5.74, 6) is 0.151. The van der Waals surface area contributed by atoms with E-state index in [1.807, 2.05) is 0 Å². The van der Waals surface area contributed by atoms with Crippen molar-refractivity contribution in [1.29, 1.82) is 0 Å². The molecule has 0 aliphatic carbocycles. The summed E-state index contributed by atoms with van der Waals surface area (Å²) in [6, 6.07) is 13.8. The Bertz CT molecular complexity index is 1430. The smallest absolute Gasteiger partial charge is 0.154 e. The Hall–Kier alpha value is -4.47. The molecule has 0 aliphatic heterocycles. The largest absolute Gasteiger partial charge is 0.508 e. The molecule has 0 aliphatic rings. The molecule has 0 bridgehead atoms. The van der Waals surface area contributed by atoms with Gasteiger partial charge >= 0.3 is 0 Å².